The van der Waals surface area contributed by atoms with Gasteiger partial charge in [0.25, 0.3) is 0 Å². The maximum absolute atomic E-state index is 13.0. The SMILES string of the molecule is CCC(=O)Nc1ccc(-c2cn3c(n2)sc2ccccc23)cc1NC(=O)Cc1cc(C)cc(C)c1. The Hall–Kier alpha value is -3.97. The summed E-state index contributed by atoms with van der Waals surface area (Å²) in [5, 5.41) is 5.90. The molecule has 0 atom stereocenters. The predicted octanol–water partition coefficient (Wildman–Crippen LogP) is 6.36. The number of carbonyl (C=O) groups excluding carboxylic acids is 2. The van der Waals surface area contributed by atoms with Crippen LogP contribution in [-0.2, 0) is 16.0 Å². The summed E-state index contributed by atoms with van der Waals surface area (Å²) < 4.78 is 3.26. The molecule has 7 heteroatoms. The van der Waals surface area contributed by atoms with Crippen LogP contribution in [-0.4, -0.2) is 21.2 Å². The quantitative estimate of drug-likeness (QED) is 0.296. The second kappa shape index (κ2) is 9.35. The molecule has 0 spiro atoms. The highest BCUT2D eigenvalue weighted by Crippen LogP contribution is 2.32. The molecule has 0 saturated carbocycles. The monoisotopic (exact) mass is 482 g/mol. The van der Waals surface area contributed by atoms with Gasteiger partial charge in [0.2, 0.25) is 11.8 Å². The molecule has 0 aliphatic carbocycles. The highest BCUT2D eigenvalue weighted by molar-refractivity contribution is 7.23. The minimum atomic E-state index is -0.143. The van der Waals surface area contributed by atoms with Crippen molar-refractivity contribution in [3.8, 4) is 11.3 Å². The molecule has 5 aromatic rings. The standard InChI is InChI=1S/C28H26N4O2S/c1-4-26(33)29-21-10-9-20(23-16-32-24-7-5-6-8-25(24)35-28(32)31-23)15-22(21)30-27(34)14-19-12-17(2)11-18(3)13-19/h5-13,15-16H,4,14H2,1-3H3,(H,29,33)(H,30,34). The van der Waals surface area contributed by atoms with Gasteiger partial charge in [-0.1, -0.05) is 65.8 Å². The Bertz CT molecular complexity index is 1560. The van der Waals surface area contributed by atoms with E-state index in [1.54, 1.807) is 18.3 Å². The lowest BCUT2D eigenvalue weighted by atomic mass is 10.0. The Morgan fingerprint density at radius 2 is 1.66 bits per heavy atom. The summed E-state index contributed by atoms with van der Waals surface area (Å²) in [4.78, 5) is 30.8. The Labute approximate surface area is 207 Å². The first-order valence-corrected chi connectivity index (χ1v) is 12.4. The highest BCUT2D eigenvalue weighted by atomic mass is 32.1. The summed E-state index contributed by atoms with van der Waals surface area (Å²) >= 11 is 1.64. The summed E-state index contributed by atoms with van der Waals surface area (Å²) in [6, 6.07) is 19.9. The number of anilines is 2. The zero-order valence-corrected chi connectivity index (χ0v) is 20.7. The maximum atomic E-state index is 13.0. The number of amides is 2. The number of carbonyl (C=O) groups is 2. The summed E-state index contributed by atoms with van der Waals surface area (Å²) in [6.45, 7) is 5.84. The second-order valence-electron chi connectivity index (χ2n) is 8.73. The zero-order valence-electron chi connectivity index (χ0n) is 19.9. The molecule has 0 saturated heterocycles. The summed E-state index contributed by atoms with van der Waals surface area (Å²) in [5.74, 6) is -0.257. The van der Waals surface area contributed by atoms with Gasteiger partial charge in [0.05, 0.1) is 33.7 Å². The van der Waals surface area contributed by atoms with Crippen LogP contribution in [0.3, 0.4) is 0 Å². The van der Waals surface area contributed by atoms with E-state index in [1.165, 1.54) is 4.70 Å². The smallest absolute Gasteiger partial charge is 0.228 e. The van der Waals surface area contributed by atoms with Gasteiger partial charge in [0, 0.05) is 18.2 Å². The molecule has 176 valence electrons. The van der Waals surface area contributed by atoms with Crippen LogP contribution in [0.15, 0.2) is 66.9 Å². The first kappa shape index (κ1) is 22.8. The lowest BCUT2D eigenvalue weighted by Gasteiger charge is -2.14. The van der Waals surface area contributed by atoms with Crippen molar-refractivity contribution >= 4 is 49.7 Å². The van der Waals surface area contributed by atoms with Crippen molar-refractivity contribution < 1.29 is 9.59 Å². The molecule has 3 aromatic carbocycles. The number of thiazole rings is 1. The first-order chi connectivity index (χ1) is 16.9. The van der Waals surface area contributed by atoms with Gasteiger partial charge in [-0.3, -0.25) is 14.0 Å². The molecule has 5 rings (SSSR count). The Morgan fingerprint density at radius 1 is 0.914 bits per heavy atom. The fraction of sp³-hybridized carbons (Fsp3) is 0.179. The van der Waals surface area contributed by atoms with E-state index in [0.29, 0.717) is 17.8 Å². The molecule has 2 N–H and O–H groups in total. The molecule has 0 aliphatic rings. The average molecular weight is 483 g/mol. The van der Waals surface area contributed by atoms with Gasteiger partial charge >= 0.3 is 0 Å². The van der Waals surface area contributed by atoms with E-state index < -0.39 is 0 Å². The molecular weight excluding hydrogens is 456 g/mol. The molecule has 2 amide bonds. The van der Waals surface area contributed by atoms with Crippen LogP contribution in [0.2, 0.25) is 0 Å². The number of aromatic nitrogens is 2. The number of aryl methyl sites for hydroxylation is 2. The third kappa shape index (κ3) is 4.81. The topological polar surface area (TPSA) is 75.5 Å². The van der Waals surface area contributed by atoms with E-state index in [4.69, 9.17) is 4.98 Å². The van der Waals surface area contributed by atoms with Gasteiger partial charge in [-0.2, -0.15) is 0 Å². The summed E-state index contributed by atoms with van der Waals surface area (Å²) in [7, 11) is 0. The van der Waals surface area contributed by atoms with Gasteiger partial charge in [-0.15, -0.1) is 0 Å². The molecule has 2 heterocycles. The molecular formula is C28H26N4O2S. The number of para-hydroxylation sites is 1. The predicted molar refractivity (Wildman–Crippen MR) is 143 cm³/mol. The highest BCUT2D eigenvalue weighted by Gasteiger charge is 2.15. The molecule has 0 radical (unpaired) electrons. The fourth-order valence-electron chi connectivity index (χ4n) is 4.29. The van der Waals surface area contributed by atoms with Crippen LogP contribution in [0, 0.1) is 13.8 Å². The van der Waals surface area contributed by atoms with Gasteiger partial charge in [0.15, 0.2) is 4.96 Å². The van der Waals surface area contributed by atoms with Crippen LogP contribution < -0.4 is 10.6 Å². The number of nitrogens with one attached hydrogen (secondary N) is 2. The Morgan fingerprint density at radius 3 is 2.43 bits per heavy atom. The fourth-order valence-corrected chi connectivity index (χ4v) is 5.30. The van der Waals surface area contributed by atoms with Crippen molar-refractivity contribution in [1.29, 1.82) is 0 Å². The van der Waals surface area contributed by atoms with Crippen LogP contribution in [0.25, 0.3) is 26.4 Å². The Balaban J connectivity index is 1.47. The number of benzene rings is 3. The van der Waals surface area contributed by atoms with Gasteiger partial charge in [-0.05, 0) is 43.7 Å². The second-order valence-corrected chi connectivity index (χ2v) is 9.74. The number of nitrogens with zero attached hydrogens (tertiary/aromatic N) is 2. The van der Waals surface area contributed by atoms with Crippen molar-refractivity contribution in [2.75, 3.05) is 10.6 Å². The lowest BCUT2D eigenvalue weighted by Crippen LogP contribution is -2.17. The third-order valence-corrected chi connectivity index (χ3v) is 6.87. The molecule has 0 fully saturated rings. The minimum absolute atomic E-state index is 0.114. The van der Waals surface area contributed by atoms with Crippen molar-refractivity contribution in [3.63, 3.8) is 0 Å². The van der Waals surface area contributed by atoms with Crippen LogP contribution in [0.5, 0.6) is 0 Å². The Kier molecular flexibility index (Phi) is 6.09. The van der Waals surface area contributed by atoms with E-state index in [2.05, 4.69) is 33.2 Å². The summed E-state index contributed by atoms with van der Waals surface area (Å²) in [6.07, 6.45) is 2.61. The lowest BCUT2D eigenvalue weighted by molar-refractivity contribution is -0.116. The molecule has 0 aliphatic heterocycles. The van der Waals surface area contributed by atoms with Crippen molar-refractivity contribution in [1.82, 2.24) is 9.38 Å². The van der Waals surface area contributed by atoms with Crippen molar-refractivity contribution in [2.24, 2.45) is 0 Å². The zero-order chi connectivity index (χ0) is 24.5. The number of hydrogen-bond acceptors (Lipinski definition) is 4. The van der Waals surface area contributed by atoms with E-state index in [0.717, 1.165) is 38.4 Å². The van der Waals surface area contributed by atoms with E-state index in [9.17, 15) is 9.59 Å². The maximum Gasteiger partial charge on any atom is 0.228 e. The van der Waals surface area contributed by atoms with Crippen molar-refractivity contribution in [3.05, 3.63) is 83.6 Å². The van der Waals surface area contributed by atoms with Crippen molar-refractivity contribution in [2.45, 2.75) is 33.6 Å². The molecule has 0 bridgehead atoms. The number of imidazole rings is 1. The first-order valence-electron chi connectivity index (χ1n) is 11.6. The molecule has 6 nitrogen and oxygen atoms in total. The number of hydrogen-bond donors (Lipinski definition) is 2. The number of rotatable bonds is 6. The number of fused-ring (bicyclic) bond motifs is 3. The largest absolute Gasteiger partial charge is 0.324 e. The summed E-state index contributed by atoms with van der Waals surface area (Å²) in [5.41, 5.74) is 7.11. The average Bonchev–Trinajstić information content (AvgIpc) is 3.37. The molecule has 0 unspecified atom stereocenters. The van der Waals surface area contributed by atoms with Crippen LogP contribution >= 0.6 is 11.3 Å². The molecule has 2 aromatic heterocycles. The van der Waals surface area contributed by atoms with E-state index in [-0.39, 0.29) is 18.2 Å². The molecule has 35 heavy (non-hydrogen) atoms. The normalized spacial score (nSPS) is 11.2. The van der Waals surface area contributed by atoms with Gasteiger partial charge in [0.1, 0.15) is 0 Å². The van der Waals surface area contributed by atoms with E-state index in [1.807, 2.05) is 62.5 Å². The van der Waals surface area contributed by atoms with Crippen LogP contribution in [0.1, 0.15) is 30.0 Å². The van der Waals surface area contributed by atoms with Crippen LogP contribution in [0.4, 0.5) is 11.4 Å². The third-order valence-electron chi connectivity index (χ3n) is 5.83. The van der Waals surface area contributed by atoms with Gasteiger partial charge in [-0.25, -0.2) is 4.98 Å². The van der Waals surface area contributed by atoms with E-state index >= 15 is 0 Å². The van der Waals surface area contributed by atoms with Gasteiger partial charge < -0.3 is 10.6 Å². The minimum Gasteiger partial charge on any atom is -0.324 e.